The smallest absolute Gasteiger partial charge is 0.0568 e. The second-order valence-electron chi connectivity index (χ2n) is 6.48. The predicted molar refractivity (Wildman–Crippen MR) is 69.9 cm³/mol. The van der Waals surface area contributed by atoms with Gasteiger partial charge in [-0.1, -0.05) is 12.8 Å². The Hall–Kier alpha value is -0.0800. The average molecular weight is 237 g/mol. The number of piperidine rings is 1. The molecule has 1 heterocycles. The van der Waals surface area contributed by atoms with Gasteiger partial charge in [-0.05, 0) is 69.9 Å². The summed E-state index contributed by atoms with van der Waals surface area (Å²) in [6.45, 7) is 2.58. The first-order chi connectivity index (χ1) is 8.34. The number of fused-ring (bicyclic) bond motifs is 1. The Labute approximate surface area is 105 Å². The molecule has 0 aromatic rings. The molecular formula is C15H27NO. The summed E-state index contributed by atoms with van der Waals surface area (Å²) in [4.78, 5) is 2.76. The maximum absolute atomic E-state index is 9.89. The highest BCUT2D eigenvalue weighted by molar-refractivity contribution is 4.89. The van der Waals surface area contributed by atoms with E-state index in [9.17, 15) is 5.11 Å². The van der Waals surface area contributed by atoms with E-state index in [2.05, 4.69) is 4.90 Å². The molecule has 0 amide bonds. The normalized spacial score (nSPS) is 42.9. The van der Waals surface area contributed by atoms with Crippen LogP contribution in [0.1, 0.15) is 57.8 Å². The second kappa shape index (κ2) is 5.27. The van der Waals surface area contributed by atoms with Gasteiger partial charge in [0.05, 0.1) is 6.10 Å². The van der Waals surface area contributed by atoms with Crippen molar-refractivity contribution in [1.82, 2.24) is 4.90 Å². The van der Waals surface area contributed by atoms with Crippen LogP contribution < -0.4 is 0 Å². The van der Waals surface area contributed by atoms with E-state index in [1.807, 2.05) is 0 Å². The lowest BCUT2D eigenvalue weighted by Crippen LogP contribution is -2.43. The third kappa shape index (κ3) is 2.53. The van der Waals surface area contributed by atoms with E-state index in [1.165, 1.54) is 64.5 Å². The van der Waals surface area contributed by atoms with Crippen LogP contribution in [0.25, 0.3) is 0 Å². The molecular weight excluding hydrogens is 210 g/mol. The zero-order valence-electron chi connectivity index (χ0n) is 11.0. The summed E-state index contributed by atoms with van der Waals surface area (Å²) < 4.78 is 0. The highest BCUT2D eigenvalue weighted by Gasteiger charge is 2.35. The van der Waals surface area contributed by atoms with Gasteiger partial charge in [-0.3, -0.25) is 0 Å². The molecule has 0 radical (unpaired) electrons. The Morgan fingerprint density at radius 1 is 0.941 bits per heavy atom. The lowest BCUT2D eigenvalue weighted by Gasteiger charge is -2.38. The molecule has 2 nitrogen and oxygen atoms in total. The van der Waals surface area contributed by atoms with Gasteiger partial charge in [0.25, 0.3) is 0 Å². The molecule has 3 fully saturated rings. The molecule has 0 spiro atoms. The summed E-state index contributed by atoms with van der Waals surface area (Å²) in [5, 5.41) is 9.89. The zero-order valence-corrected chi connectivity index (χ0v) is 11.0. The first-order valence-corrected chi connectivity index (χ1v) is 7.77. The summed E-state index contributed by atoms with van der Waals surface area (Å²) >= 11 is 0. The molecule has 0 bridgehead atoms. The van der Waals surface area contributed by atoms with E-state index in [1.54, 1.807) is 0 Å². The minimum atomic E-state index is 0.0131. The van der Waals surface area contributed by atoms with Crippen molar-refractivity contribution in [2.75, 3.05) is 13.1 Å². The summed E-state index contributed by atoms with van der Waals surface area (Å²) in [5.41, 5.74) is 0. The van der Waals surface area contributed by atoms with Crippen LogP contribution >= 0.6 is 0 Å². The van der Waals surface area contributed by atoms with Gasteiger partial charge in [0.15, 0.2) is 0 Å². The Bertz CT molecular complexity index is 255. The monoisotopic (exact) mass is 237 g/mol. The lowest BCUT2D eigenvalue weighted by molar-refractivity contribution is 0.0828. The van der Waals surface area contributed by atoms with Crippen molar-refractivity contribution in [2.24, 2.45) is 11.8 Å². The number of likely N-dealkylation sites (tertiary alicyclic amines) is 1. The molecule has 3 rings (SSSR count). The maximum Gasteiger partial charge on any atom is 0.0568 e. The number of aliphatic hydroxyl groups is 1. The van der Waals surface area contributed by atoms with E-state index >= 15 is 0 Å². The molecule has 2 saturated carbocycles. The van der Waals surface area contributed by atoms with Crippen molar-refractivity contribution in [1.29, 1.82) is 0 Å². The maximum atomic E-state index is 9.89. The van der Waals surface area contributed by atoms with Crippen LogP contribution in [0.2, 0.25) is 0 Å². The molecule has 0 aromatic carbocycles. The predicted octanol–water partition coefficient (Wildman–Crippen LogP) is 2.80. The third-order valence-corrected chi connectivity index (χ3v) is 5.51. The fourth-order valence-electron chi connectivity index (χ4n) is 4.52. The van der Waals surface area contributed by atoms with E-state index < -0.39 is 0 Å². The number of rotatable bonds is 3. The van der Waals surface area contributed by atoms with Gasteiger partial charge < -0.3 is 10.0 Å². The second-order valence-corrected chi connectivity index (χ2v) is 6.48. The van der Waals surface area contributed by atoms with Crippen LogP contribution in [-0.2, 0) is 0 Å². The van der Waals surface area contributed by atoms with E-state index in [4.69, 9.17) is 0 Å². The molecule has 2 heteroatoms. The van der Waals surface area contributed by atoms with Crippen LogP contribution in [-0.4, -0.2) is 35.2 Å². The summed E-state index contributed by atoms with van der Waals surface area (Å²) in [7, 11) is 0. The number of hydrogen-bond acceptors (Lipinski definition) is 2. The summed E-state index contributed by atoms with van der Waals surface area (Å²) in [6, 6.07) is 0.905. The molecule has 0 aromatic heterocycles. The van der Waals surface area contributed by atoms with Gasteiger partial charge in [-0.2, -0.15) is 0 Å². The molecule has 1 aliphatic heterocycles. The SMILES string of the molecule is OC1CCCC1CCN1CCCC2CCCC21. The molecule has 2 aliphatic carbocycles. The minimum absolute atomic E-state index is 0.0131. The van der Waals surface area contributed by atoms with Crippen LogP contribution in [0.15, 0.2) is 0 Å². The Kier molecular flexibility index (Phi) is 3.72. The van der Waals surface area contributed by atoms with Gasteiger partial charge in [0, 0.05) is 6.04 Å². The molecule has 1 saturated heterocycles. The molecule has 17 heavy (non-hydrogen) atoms. The first kappa shape index (κ1) is 12.0. The summed E-state index contributed by atoms with van der Waals surface area (Å²) in [5.74, 6) is 1.62. The van der Waals surface area contributed by atoms with E-state index in [0.29, 0.717) is 5.92 Å². The molecule has 3 aliphatic rings. The van der Waals surface area contributed by atoms with Crippen molar-refractivity contribution >= 4 is 0 Å². The van der Waals surface area contributed by atoms with Gasteiger partial charge in [0.1, 0.15) is 0 Å². The van der Waals surface area contributed by atoms with E-state index in [0.717, 1.165) is 18.4 Å². The molecule has 98 valence electrons. The van der Waals surface area contributed by atoms with Crippen molar-refractivity contribution < 1.29 is 5.11 Å². The van der Waals surface area contributed by atoms with Crippen molar-refractivity contribution in [2.45, 2.75) is 69.9 Å². The van der Waals surface area contributed by atoms with Gasteiger partial charge in [-0.25, -0.2) is 0 Å². The van der Waals surface area contributed by atoms with Gasteiger partial charge in [0.2, 0.25) is 0 Å². The first-order valence-electron chi connectivity index (χ1n) is 7.77. The Balaban J connectivity index is 1.50. The molecule has 4 unspecified atom stereocenters. The quantitative estimate of drug-likeness (QED) is 0.816. The topological polar surface area (TPSA) is 23.5 Å². The van der Waals surface area contributed by atoms with Crippen molar-refractivity contribution in [3.05, 3.63) is 0 Å². The highest BCUT2D eigenvalue weighted by atomic mass is 16.3. The zero-order chi connectivity index (χ0) is 11.7. The fourth-order valence-corrected chi connectivity index (χ4v) is 4.52. The highest BCUT2D eigenvalue weighted by Crippen LogP contribution is 2.37. The largest absolute Gasteiger partial charge is 0.393 e. The van der Waals surface area contributed by atoms with Gasteiger partial charge >= 0.3 is 0 Å². The number of aliphatic hydroxyl groups excluding tert-OH is 1. The lowest BCUT2D eigenvalue weighted by atomic mass is 9.91. The molecule has 1 N–H and O–H groups in total. The summed E-state index contributed by atoms with van der Waals surface area (Å²) in [6.07, 6.45) is 12.1. The van der Waals surface area contributed by atoms with Crippen molar-refractivity contribution in [3.8, 4) is 0 Å². The fraction of sp³-hybridized carbons (Fsp3) is 1.00. The van der Waals surface area contributed by atoms with Crippen LogP contribution in [0.3, 0.4) is 0 Å². The molecule has 4 atom stereocenters. The van der Waals surface area contributed by atoms with Gasteiger partial charge in [-0.15, -0.1) is 0 Å². The standard InChI is InChI=1S/C15H27NO/c17-15-8-2-5-13(15)9-11-16-10-3-6-12-4-1-7-14(12)16/h12-15,17H,1-11H2. The Morgan fingerprint density at radius 3 is 2.59 bits per heavy atom. The third-order valence-electron chi connectivity index (χ3n) is 5.51. The van der Waals surface area contributed by atoms with Crippen LogP contribution in [0.5, 0.6) is 0 Å². The number of nitrogens with zero attached hydrogens (tertiary/aromatic N) is 1. The number of hydrogen-bond donors (Lipinski definition) is 1. The van der Waals surface area contributed by atoms with Crippen LogP contribution in [0.4, 0.5) is 0 Å². The minimum Gasteiger partial charge on any atom is -0.393 e. The van der Waals surface area contributed by atoms with Crippen molar-refractivity contribution in [3.63, 3.8) is 0 Å². The Morgan fingerprint density at radius 2 is 1.76 bits per heavy atom. The van der Waals surface area contributed by atoms with Crippen LogP contribution in [0, 0.1) is 11.8 Å². The van der Waals surface area contributed by atoms with E-state index in [-0.39, 0.29) is 6.10 Å². The average Bonchev–Trinajstić information content (AvgIpc) is 2.95.